The van der Waals surface area contributed by atoms with Crippen LogP contribution in [0.25, 0.3) is 0 Å². The van der Waals surface area contributed by atoms with E-state index in [2.05, 4.69) is 0 Å². The van der Waals surface area contributed by atoms with Gasteiger partial charge >= 0.3 is 5.97 Å². The Kier molecular flexibility index (Phi) is 3.35. The molecule has 1 aromatic heterocycles. The molecule has 1 aromatic carbocycles. The van der Waals surface area contributed by atoms with Crippen molar-refractivity contribution in [3.63, 3.8) is 0 Å². The third kappa shape index (κ3) is 2.81. The predicted molar refractivity (Wildman–Crippen MR) is 61.0 cm³/mol. The number of benzene rings is 1. The number of ether oxygens (including phenoxy) is 1. The molecule has 2 aromatic rings. The van der Waals surface area contributed by atoms with E-state index in [0.29, 0.717) is 16.0 Å². The van der Waals surface area contributed by atoms with E-state index in [1.165, 1.54) is 6.20 Å². The topological polar surface area (TPSA) is 53.2 Å². The van der Waals surface area contributed by atoms with E-state index in [-0.39, 0.29) is 6.61 Å². The molecule has 0 atom stereocenters. The molecule has 0 bridgehead atoms. The second kappa shape index (κ2) is 5.12. The molecule has 0 radical (unpaired) electrons. The highest BCUT2D eigenvalue weighted by atomic mass is 16.5. The molecule has 86 valence electrons. The lowest BCUT2D eigenvalue weighted by molar-refractivity contribution is -0.616. The third-order valence-electron chi connectivity index (χ3n) is 2.26. The lowest BCUT2D eigenvalue weighted by atomic mass is 10.2. The van der Waals surface area contributed by atoms with Crippen LogP contribution in [0.1, 0.15) is 16.1 Å². The Balaban J connectivity index is 2.00. The Morgan fingerprint density at radius 3 is 2.53 bits per heavy atom. The van der Waals surface area contributed by atoms with Gasteiger partial charge < -0.3 is 9.94 Å². The molecule has 0 spiro atoms. The van der Waals surface area contributed by atoms with Crippen molar-refractivity contribution in [3.8, 4) is 0 Å². The van der Waals surface area contributed by atoms with Crippen LogP contribution in [-0.4, -0.2) is 5.97 Å². The molecule has 0 N–H and O–H groups in total. The summed E-state index contributed by atoms with van der Waals surface area (Å²) in [6, 6.07) is 13.6. The van der Waals surface area contributed by atoms with Crippen molar-refractivity contribution in [2.45, 2.75) is 6.61 Å². The minimum Gasteiger partial charge on any atom is -0.618 e. The van der Waals surface area contributed by atoms with Gasteiger partial charge in [-0.15, -0.1) is 0 Å². The molecule has 0 unspecified atom stereocenters. The van der Waals surface area contributed by atoms with E-state index in [9.17, 15) is 10.0 Å². The lowest BCUT2D eigenvalue weighted by Crippen LogP contribution is -2.31. The van der Waals surface area contributed by atoms with Gasteiger partial charge in [0.15, 0.2) is 12.8 Å². The fourth-order valence-corrected chi connectivity index (χ4v) is 1.37. The largest absolute Gasteiger partial charge is 0.618 e. The highest BCUT2D eigenvalue weighted by Crippen LogP contribution is 2.03. The van der Waals surface area contributed by atoms with Crippen LogP contribution in [0, 0.1) is 5.21 Å². The van der Waals surface area contributed by atoms with Gasteiger partial charge in [-0.1, -0.05) is 18.2 Å². The average Bonchev–Trinajstić information content (AvgIpc) is 2.38. The summed E-state index contributed by atoms with van der Waals surface area (Å²) in [5.74, 6) is -0.436. The Morgan fingerprint density at radius 1 is 1.12 bits per heavy atom. The zero-order valence-electron chi connectivity index (χ0n) is 9.08. The van der Waals surface area contributed by atoms with Crippen LogP contribution in [0.4, 0.5) is 0 Å². The summed E-state index contributed by atoms with van der Waals surface area (Å²) < 4.78 is 5.71. The van der Waals surface area contributed by atoms with Crippen LogP contribution in [0.15, 0.2) is 54.7 Å². The lowest BCUT2D eigenvalue weighted by Gasteiger charge is -2.05. The number of hydrogen-bond donors (Lipinski definition) is 0. The zero-order chi connectivity index (χ0) is 12.1. The molecule has 4 nitrogen and oxygen atoms in total. The number of aromatic nitrogens is 1. The Bertz CT molecular complexity index is 511. The smallest absolute Gasteiger partial charge is 0.338 e. The first kappa shape index (κ1) is 11.1. The number of nitrogens with zero attached hydrogens (tertiary/aromatic N) is 1. The monoisotopic (exact) mass is 229 g/mol. The molecule has 1 heterocycles. The summed E-state index contributed by atoms with van der Waals surface area (Å²) in [7, 11) is 0. The van der Waals surface area contributed by atoms with Crippen molar-refractivity contribution in [1.29, 1.82) is 0 Å². The SMILES string of the molecule is O=C(OCc1cccc[n+]1[O-])c1ccccc1. The van der Waals surface area contributed by atoms with Gasteiger partial charge in [-0.05, 0) is 18.2 Å². The normalized spacial score (nSPS) is 9.88. The summed E-state index contributed by atoms with van der Waals surface area (Å²) in [5, 5.41) is 11.3. The summed E-state index contributed by atoms with van der Waals surface area (Å²) in [5.41, 5.74) is 0.873. The van der Waals surface area contributed by atoms with Gasteiger partial charge in [-0.3, -0.25) is 0 Å². The molecule has 17 heavy (non-hydrogen) atoms. The summed E-state index contributed by atoms with van der Waals surface area (Å²) in [6.07, 6.45) is 1.37. The maximum Gasteiger partial charge on any atom is 0.338 e. The zero-order valence-corrected chi connectivity index (χ0v) is 9.08. The third-order valence-corrected chi connectivity index (χ3v) is 2.26. The molecule has 4 heteroatoms. The van der Waals surface area contributed by atoms with Gasteiger partial charge in [-0.25, -0.2) is 4.79 Å². The minimum atomic E-state index is -0.436. The average molecular weight is 229 g/mol. The number of rotatable bonds is 3. The maximum absolute atomic E-state index is 11.6. The van der Waals surface area contributed by atoms with Crippen molar-refractivity contribution in [2.24, 2.45) is 0 Å². The number of pyridine rings is 1. The highest BCUT2D eigenvalue weighted by Gasteiger charge is 2.09. The first-order chi connectivity index (χ1) is 8.27. The first-order valence-electron chi connectivity index (χ1n) is 5.16. The maximum atomic E-state index is 11.6. The van der Waals surface area contributed by atoms with Crippen molar-refractivity contribution in [2.75, 3.05) is 0 Å². The fourth-order valence-electron chi connectivity index (χ4n) is 1.37. The highest BCUT2D eigenvalue weighted by molar-refractivity contribution is 5.89. The molecule has 0 saturated heterocycles. The van der Waals surface area contributed by atoms with E-state index in [0.717, 1.165) is 0 Å². The molecule has 0 aliphatic carbocycles. The van der Waals surface area contributed by atoms with Crippen molar-refractivity contribution in [3.05, 3.63) is 71.2 Å². The number of hydrogen-bond acceptors (Lipinski definition) is 3. The number of carbonyl (C=O) groups excluding carboxylic acids is 1. The summed E-state index contributed by atoms with van der Waals surface area (Å²) >= 11 is 0. The standard InChI is InChI=1S/C13H11NO3/c15-13(11-6-2-1-3-7-11)17-10-12-8-4-5-9-14(12)16/h1-9H,10H2. The van der Waals surface area contributed by atoms with Crippen LogP contribution in [0.3, 0.4) is 0 Å². The minimum absolute atomic E-state index is 0.0297. The van der Waals surface area contributed by atoms with E-state index >= 15 is 0 Å². The van der Waals surface area contributed by atoms with Gasteiger partial charge in [0.25, 0.3) is 0 Å². The van der Waals surface area contributed by atoms with Crippen LogP contribution in [0.2, 0.25) is 0 Å². The number of esters is 1. The molecule has 0 aliphatic heterocycles. The number of carbonyl (C=O) groups is 1. The Hall–Kier alpha value is -2.36. The van der Waals surface area contributed by atoms with Crippen LogP contribution >= 0.6 is 0 Å². The van der Waals surface area contributed by atoms with Crippen molar-refractivity contribution in [1.82, 2.24) is 0 Å². The Labute approximate surface area is 98.7 Å². The van der Waals surface area contributed by atoms with Gasteiger partial charge in [-0.2, -0.15) is 4.73 Å². The van der Waals surface area contributed by atoms with E-state index in [1.807, 2.05) is 6.07 Å². The van der Waals surface area contributed by atoms with Crippen LogP contribution < -0.4 is 4.73 Å². The first-order valence-corrected chi connectivity index (χ1v) is 5.16. The van der Waals surface area contributed by atoms with Gasteiger partial charge in [0, 0.05) is 12.1 Å². The van der Waals surface area contributed by atoms with Gasteiger partial charge in [0.1, 0.15) is 0 Å². The molecule has 2 rings (SSSR count). The fraction of sp³-hybridized carbons (Fsp3) is 0.0769. The molecule has 0 aliphatic rings. The molecular formula is C13H11NO3. The van der Waals surface area contributed by atoms with E-state index < -0.39 is 5.97 Å². The molecule has 0 saturated carbocycles. The van der Waals surface area contributed by atoms with Crippen LogP contribution in [-0.2, 0) is 11.3 Å². The summed E-state index contributed by atoms with van der Waals surface area (Å²) in [6.45, 7) is -0.0297. The quantitative estimate of drug-likeness (QED) is 0.457. The molecule has 0 fully saturated rings. The van der Waals surface area contributed by atoms with Crippen molar-refractivity contribution >= 4 is 5.97 Å². The van der Waals surface area contributed by atoms with E-state index in [1.54, 1.807) is 42.5 Å². The second-order valence-electron chi connectivity index (χ2n) is 3.46. The van der Waals surface area contributed by atoms with E-state index in [4.69, 9.17) is 4.74 Å². The Morgan fingerprint density at radius 2 is 1.82 bits per heavy atom. The predicted octanol–water partition coefficient (Wildman–Crippen LogP) is 1.68. The molecule has 0 amide bonds. The van der Waals surface area contributed by atoms with Crippen LogP contribution in [0.5, 0.6) is 0 Å². The second-order valence-corrected chi connectivity index (χ2v) is 3.46. The van der Waals surface area contributed by atoms with Gasteiger partial charge in [0.05, 0.1) is 5.56 Å². The van der Waals surface area contributed by atoms with Crippen molar-refractivity contribution < 1.29 is 14.3 Å². The summed E-state index contributed by atoms with van der Waals surface area (Å²) in [4.78, 5) is 11.6. The van der Waals surface area contributed by atoms with Gasteiger partial charge in [0.2, 0.25) is 5.69 Å². The molecular weight excluding hydrogens is 218 g/mol.